The number of aryl methyl sites for hydroxylation is 1. The molecule has 1 amide bonds. The van der Waals surface area contributed by atoms with E-state index in [-0.39, 0.29) is 5.91 Å². The van der Waals surface area contributed by atoms with Crippen molar-refractivity contribution >= 4 is 11.7 Å². The van der Waals surface area contributed by atoms with Crippen LogP contribution in [-0.2, 0) is 11.3 Å². The van der Waals surface area contributed by atoms with Gasteiger partial charge in [0.1, 0.15) is 0 Å². The highest BCUT2D eigenvalue weighted by atomic mass is 16.7. The molecule has 0 fully saturated rings. The van der Waals surface area contributed by atoms with Crippen LogP contribution in [0.2, 0.25) is 0 Å². The normalized spacial score (nSPS) is 14.8. The van der Waals surface area contributed by atoms with E-state index in [1.54, 1.807) is 5.01 Å². The quantitative estimate of drug-likeness (QED) is 0.658. The van der Waals surface area contributed by atoms with Gasteiger partial charge in [0.15, 0.2) is 5.84 Å². The number of amidine groups is 1. The summed E-state index contributed by atoms with van der Waals surface area (Å²) < 4.78 is 0. The lowest BCUT2D eigenvalue weighted by molar-refractivity contribution is -0.0824. The molecule has 1 heterocycles. The molecule has 4 rings (SSSR count). The van der Waals surface area contributed by atoms with Gasteiger partial charge in [-0.2, -0.15) is 0 Å². The van der Waals surface area contributed by atoms with Crippen LogP contribution in [-0.4, -0.2) is 22.5 Å². The third-order valence-corrected chi connectivity index (χ3v) is 5.19. The highest BCUT2D eigenvalue weighted by molar-refractivity contribution is 6.02. The minimum Gasteiger partial charge on any atom is -0.364 e. The summed E-state index contributed by atoms with van der Waals surface area (Å²) in [5.41, 5.74) is 7.07. The largest absolute Gasteiger partial charge is 0.364 e. The minimum absolute atomic E-state index is 0.204. The summed E-state index contributed by atoms with van der Waals surface area (Å²) in [7, 11) is 0. The number of nitrogens with zero attached hydrogens (tertiary/aromatic N) is 2. The fourth-order valence-electron chi connectivity index (χ4n) is 3.36. The zero-order valence-corrected chi connectivity index (χ0v) is 17.4. The summed E-state index contributed by atoms with van der Waals surface area (Å²) in [4.78, 5) is 18.4. The molecule has 5 nitrogen and oxygen atoms in total. The third-order valence-electron chi connectivity index (χ3n) is 5.19. The van der Waals surface area contributed by atoms with E-state index in [2.05, 4.69) is 29.6 Å². The highest BCUT2D eigenvalue weighted by Crippen LogP contribution is 2.27. The first-order valence-electron chi connectivity index (χ1n) is 10.1. The maximum atomic E-state index is 12.8. The van der Waals surface area contributed by atoms with Gasteiger partial charge in [0.05, 0.1) is 0 Å². The van der Waals surface area contributed by atoms with Crippen LogP contribution in [0.15, 0.2) is 84.0 Å². The van der Waals surface area contributed by atoms with Gasteiger partial charge in [0.2, 0.25) is 5.72 Å². The molecule has 0 saturated carbocycles. The van der Waals surface area contributed by atoms with Gasteiger partial charge >= 0.3 is 0 Å². The fraction of sp³-hybridized carbons (Fsp3) is 0.200. The van der Waals surface area contributed by atoms with Crippen LogP contribution in [0.25, 0.3) is 11.1 Å². The van der Waals surface area contributed by atoms with Crippen molar-refractivity contribution in [1.29, 1.82) is 0 Å². The van der Waals surface area contributed by atoms with Gasteiger partial charge in [-0.3, -0.25) is 10.2 Å². The summed E-state index contributed by atoms with van der Waals surface area (Å²) in [6.45, 7) is 5.82. The van der Waals surface area contributed by atoms with Gasteiger partial charge in [-0.25, -0.2) is 5.01 Å². The molecule has 0 spiro atoms. The van der Waals surface area contributed by atoms with E-state index in [0.29, 0.717) is 11.4 Å². The molecule has 5 heteroatoms. The van der Waals surface area contributed by atoms with E-state index in [9.17, 15) is 4.79 Å². The first-order chi connectivity index (χ1) is 14.5. The van der Waals surface area contributed by atoms with Crippen LogP contribution in [0.3, 0.4) is 0 Å². The van der Waals surface area contributed by atoms with Crippen LogP contribution in [0.1, 0.15) is 42.3 Å². The number of benzene rings is 3. The predicted molar refractivity (Wildman–Crippen MR) is 119 cm³/mol. The van der Waals surface area contributed by atoms with Crippen LogP contribution in [0.5, 0.6) is 0 Å². The lowest BCUT2D eigenvalue weighted by Crippen LogP contribution is -2.54. The minimum atomic E-state index is -0.799. The topological polar surface area (TPSA) is 53.9 Å². The zero-order chi connectivity index (χ0) is 21.1. The van der Waals surface area contributed by atoms with Crippen molar-refractivity contribution in [3.05, 3.63) is 95.6 Å². The number of oxime groups is 1. The number of hydrazine groups is 1. The van der Waals surface area contributed by atoms with Crippen molar-refractivity contribution < 1.29 is 9.63 Å². The zero-order valence-electron chi connectivity index (χ0n) is 17.4. The molecular formula is C25H25N3O2. The van der Waals surface area contributed by atoms with E-state index in [4.69, 9.17) is 4.84 Å². The van der Waals surface area contributed by atoms with E-state index < -0.39 is 5.72 Å². The molecule has 0 saturated heterocycles. The van der Waals surface area contributed by atoms with Crippen molar-refractivity contribution in [2.45, 2.75) is 32.9 Å². The number of carbonyl (C=O) groups excluding carboxylic acids is 1. The highest BCUT2D eigenvalue weighted by Gasteiger charge is 2.39. The Morgan fingerprint density at radius 2 is 1.50 bits per heavy atom. The van der Waals surface area contributed by atoms with Crippen LogP contribution in [0.4, 0.5) is 0 Å². The summed E-state index contributed by atoms with van der Waals surface area (Å²) >= 11 is 0. The molecule has 1 aliphatic heterocycles. The maximum Gasteiger partial charge on any atom is 0.269 e. The second-order valence-corrected chi connectivity index (χ2v) is 7.72. The molecule has 0 atom stereocenters. The Hall–Kier alpha value is -3.60. The predicted octanol–water partition coefficient (Wildman–Crippen LogP) is 4.99. The standard InChI is InChI=1S/C25H25N3O2/c1-4-18-10-12-22(13-11-18)24(29)26-28-23(27-30-25(28,2)3)21-16-14-20(15-17-21)19-8-6-5-7-9-19/h5-17H,4H2,1-3H3,(H,26,29). The number of carbonyl (C=O) groups is 1. The summed E-state index contributed by atoms with van der Waals surface area (Å²) in [5.74, 6) is 0.364. The molecule has 0 radical (unpaired) electrons. The molecule has 0 aromatic heterocycles. The molecule has 3 aromatic carbocycles. The number of amides is 1. The van der Waals surface area contributed by atoms with Crippen molar-refractivity contribution in [1.82, 2.24) is 10.4 Å². The number of hydrogen-bond acceptors (Lipinski definition) is 4. The molecule has 3 aromatic rings. The SMILES string of the molecule is CCc1ccc(C(=O)NN2C(c3ccc(-c4ccccc4)cc3)=NOC2(C)C)cc1. The number of nitrogens with one attached hydrogen (secondary N) is 1. The van der Waals surface area contributed by atoms with Gasteiger partial charge in [0, 0.05) is 11.1 Å². The Kier molecular flexibility index (Phi) is 5.27. The molecule has 152 valence electrons. The monoisotopic (exact) mass is 399 g/mol. The Morgan fingerprint density at radius 3 is 2.13 bits per heavy atom. The molecule has 30 heavy (non-hydrogen) atoms. The first-order valence-corrected chi connectivity index (χ1v) is 10.1. The second kappa shape index (κ2) is 8.03. The second-order valence-electron chi connectivity index (χ2n) is 7.72. The Labute approximate surface area is 176 Å². The van der Waals surface area contributed by atoms with Crippen LogP contribution < -0.4 is 5.43 Å². The van der Waals surface area contributed by atoms with Crippen molar-refractivity contribution in [2.24, 2.45) is 5.16 Å². The average Bonchev–Trinajstić information content (AvgIpc) is 3.08. The van der Waals surface area contributed by atoms with Gasteiger partial charge < -0.3 is 4.84 Å². The van der Waals surface area contributed by atoms with Crippen molar-refractivity contribution in [3.8, 4) is 11.1 Å². The van der Waals surface area contributed by atoms with Crippen LogP contribution >= 0.6 is 0 Å². The Bertz CT molecular complexity index is 1060. The lowest BCUT2D eigenvalue weighted by Gasteiger charge is -2.31. The number of hydrogen-bond donors (Lipinski definition) is 1. The van der Waals surface area contributed by atoms with Crippen LogP contribution in [0, 0.1) is 0 Å². The Morgan fingerprint density at radius 1 is 0.900 bits per heavy atom. The summed E-state index contributed by atoms with van der Waals surface area (Å²) in [6.07, 6.45) is 0.935. The van der Waals surface area contributed by atoms with E-state index in [1.165, 1.54) is 5.56 Å². The lowest BCUT2D eigenvalue weighted by atomic mass is 10.0. The molecular weight excluding hydrogens is 374 g/mol. The smallest absolute Gasteiger partial charge is 0.269 e. The average molecular weight is 399 g/mol. The third kappa shape index (κ3) is 3.92. The Balaban J connectivity index is 1.56. The van der Waals surface area contributed by atoms with Gasteiger partial charge in [-0.1, -0.05) is 78.8 Å². The summed E-state index contributed by atoms with van der Waals surface area (Å²) in [5, 5.41) is 5.93. The van der Waals surface area contributed by atoms with Gasteiger partial charge in [0.25, 0.3) is 5.91 Å². The summed E-state index contributed by atoms with van der Waals surface area (Å²) in [6, 6.07) is 25.9. The maximum absolute atomic E-state index is 12.8. The molecule has 0 bridgehead atoms. The van der Waals surface area contributed by atoms with Gasteiger partial charge in [-0.05, 0) is 49.1 Å². The molecule has 1 N–H and O–H groups in total. The molecule has 0 aliphatic carbocycles. The van der Waals surface area contributed by atoms with Gasteiger partial charge in [-0.15, -0.1) is 0 Å². The first kappa shape index (κ1) is 19.7. The number of rotatable bonds is 5. The molecule has 1 aliphatic rings. The molecule has 0 unspecified atom stereocenters. The van der Waals surface area contributed by atoms with Crippen molar-refractivity contribution in [2.75, 3.05) is 0 Å². The fourth-order valence-corrected chi connectivity index (χ4v) is 3.36. The van der Waals surface area contributed by atoms with E-state index in [0.717, 1.165) is 23.1 Å². The van der Waals surface area contributed by atoms with E-state index in [1.807, 2.05) is 80.6 Å². The van der Waals surface area contributed by atoms with Crippen molar-refractivity contribution in [3.63, 3.8) is 0 Å². The van der Waals surface area contributed by atoms with E-state index >= 15 is 0 Å².